The summed E-state index contributed by atoms with van der Waals surface area (Å²) >= 11 is 1.57. The highest BCUT2D eigenvalue weighted by atomic mass is 32.2. The number of halogens is 1. The molecular formula is C16H14FNOS. The molecule has 1 amide bonds. The van der Waals surface area contributed by atoms with Gasteiger partial charge in [-0.1, -0.05) is 29.8 Å². The molecule has 2 nitrogen and oxygen atoms in total. The van der Waals surface area contributed by atoms with Crippen LogP contribution in [-0.4, -0.2) is 11.7 Å². The predicted octanol–water partition coefficient (Wildman–Crippen LogP) is 3.91. The summed E-state index contributed by atoms with van der Waals surface area (Å²) in [5, 5.41) is -0.0780. The molecule has 0 saturated carbocycles. The van der Waals surface area contributed by atoms with Gasteiger partial charge in [0.2, 0.25) is 5.91 Å². The van der Waals surface area contributed by atoms with Crippen LogP contribution in [0.4, 0.5) is 10.1 Å². The average Bonchev–Trinajstić information content (AvgIpc) is 2.83. The molecule has 0 N–H and O–H groups in total. The number of hydrogen-bond acceptors (Lipinski definition) is 2. The molecule has 0 aliphatic carbocycles. The molecular weight excluding hydrogens is 273 g/mol. The van der Waals surface area contributed by atoms with Crippen LogP contribution in [0.5, 0.6) is 0 Å². The second-order valence-corrected chi connectivity index (χ2v) is 5.88. The van der Waals surface area contributed by atoms with Crippen molar-refractivity contribution in [3.8, 4) is 0 Å². The number of benzene rings is 2. The Kier molecular flexibility index (Phi) is 3.49. The third kappa shape index (κ3) is 2.43. The fourth-order valence-electron chi connectivity index (χ4n) is 2.28. The molecule has 1 fully saturated rings. The van der Waals surface area contributed by atoms with E-state index in [4.69, 9.17) is 0 Å². The van der Waals surface area contributed by atoms with Gasteiger partial charge < -0.3 is 0 Å². The molecule has 0 radical (unpaired) electrons. The number of thioether (sulfide) groups is 1. The zero-order valence-electron chi connectivity index (χ0n) is 11.0. The van der Waals surface area contributed by atoms with Crippen LogP contribution in [-0.2, 0) is 4.79 Å². The molecule has 3 rings (SSSR count). The number of amides is 1. The fraction of sp³-hybridized carbons (Fsp3) is 0.188. The minimum atomic E-state index is -0.259. The van der Waals surface area contributed by atoms with E-state index < -0.39 is 0 Å². The van der Waals surface area contributed by atoms with Crippen LogP contribution in [0.1, 0.15) is 16.5 Å². The van der Waals surface area contributed by atoms with Crippen LogP contribution < -0.4 is 4.90 Å². The molecule has 1 aliphatic rings. The maximum absolute atomic E-state index is 13.0. The molecule has 1 unspecified atom stereocenters. The highest BCUT2D eigenvalue weighted by molar-refractivity contribution is 8.00. The quantitative estimate of drug-likeness (QED) is 0.834. The molecule has 1 aliphatic heterocycles. The summed E-state index contributed by atoms with van der Waals surface area (Å²) in [4.78, 5) is 13.9. The van der Waals surface area contributed by atoms with Gasteiger partial charge in [0.05, 0.1) is 5.75 Å². The van der Waals surface area contributed by atoms with E-state index in [0.717, 1.165) is 16.8 Å². The number of carbonyl (C=O) groups excluding carboxylic acids is 1. The summed E-state index contributed by atoms with van der Waals surface area (Å²) in [7, 11) is 0. The lowest BCUT2D eigenvalue weighted by atomic mass is 10.1. The van der Waals surface area contributed by atoms with Crippen LogP contribution in [0.3, 0.4) is 0 Å². The van der Waals surface area contributed by atoms with Crippen molar-refractivity contribution in [2.45, 2.75) is 12.3 Å². The van der Waals surface area contributed by atoms with Crippen LogP contribution in [0.2, 0.25) is 0 Å². The lowest BCUT2D eigenvalue weighted by molar-refractivity contribution is -0.115. The summed E-state index contributed by atoms with van der Waals surface area (Å²) in [6.07, 6.45) is 0. The Morgan fingerprint density at radius 3 is 2.40 bits per heavy atom. The highest BCUT2D eigenvalue weighted by Gasteiger charge is 2.33. The van der Waals surface area contributed by atoms with Crippen molar-refractivity contribution in [3.05, 3.63) is 65.5 Å². The van der Waals surface area contributed by atoms with E-state index in [2.05, 4.69) is 0 Å². The Balaban J connectivity index is 1.96. The van der Waals surface area contributed by atoms with Gasteiger partial charge in [-0.2, -0.15) is 0 Å². The Hall–Kier alpha value is -1.81. The summed E-state index contributed by atoms with van der Waals surface area (Å²) in [6.45, 7) is 2.02. The molecule has 2 aromatic carbocycles. The van der Waals surface area contributed by atoms with Gasteiger partial charge in [0, 0.05) is 5.69 Å². The summed E-state index contributed by atoms with van der Waals surface area (Å²) in [5.74, 6) is 0.286. The molecule has 20 heavy (non-hydrogen) atoms. The Morgan fingerprint density at radius 2 is 1.75 bits per heavy atom. The molecule has 0 spiro atoms. The van der Waals surface area contributed by atoms with E-state index in [-0.39, 0.29) is 17.1 Å². The summed E-state index contributed by atoms with van der Waals surface area (Å²) in [5.41, 5.74) is 2.99. The lowest BCUT2D eigenvalue weighted by Gasteiger charge is -2.24. The number of aryl methyl sites for hydroxylation is 1. The molecule has 1 heterocycles. The molecule has 0 bridgehead atoms. The standard InChI is InChI=1S/C16H14FNOS/c1-11-2-8-14(9-3-11)18-15(19)10-20-16(18)12-4-6-13(17)7-5-12/h2-9,16H,10H2,1H3. The van der Waals surface area contributed by atoms with Crippen molar-refractivity contribution in [1.82, 2.24) is 0 Å². The molecule has 0 aromatic heterocycles. The van der Waals surface area contributed by atoms with E-state index in [1.165, 1.54) is 12.1 Å². The second kappa shape index (κ2) is 5.29. The van der Waals surface area contributed by atoms with Gasteiger partial charge in [-0.3, -0.25) is 9.69 Å². The predicted molar refractivity (Wildman–Crippen MR) is 80.3 cm³/mol. The van der Waals surface area contributed by atoms with Gasteiger partial charge in [-0.15, -0.1) is 11.8 Å². The first-order valence-corrected chi connectivity index (χ1v) is 7.46. The fourth-order valence-corrected chi connectivity index (χ4v) is 3.46. The first-order chi connectivity index (χ1) is 9.65. The van der Waals surface area contributed by atoms with Gasteiger partial charge in [-0.25, -0.2) is 4.39 Å². The number of rotatable bonds is 2. The average molecular weight is 287 g/mol. The van der Waals surface area contributed by atoms with Crippen LogP contribution >= 0.6 is 11.8 Å². The second-order valence-electron chi connectivity index (χ2n) is 4.81. The summed E-state index contributed by atoms with van der Waals surface area (Å²) < 4.78 is 13.0. The largest absolute Gasteiger partial charge is 0.295 e. The minimum Gasteiger partial charge on any atom is -0.295 e. The minimum absolute atomic E-state index is 0.0780. The van der Waals surface area contributed by atoms with Gasteiger partial charge in [0.15, 0.2) is 0 Å². The Bertz CT molecular complexity index is 624. The number of anilines is 1. The van der Waals surface area contributed by atoms with Gasteiger partial charge >= 0.3 is 0 Å². The SMILES string of the molecule is Cc1ccc(N2C(=O)CSC2c2ccc(F)cc2)cc1. The third-order valence-corrected chi connectivity index (χ3v) is 4.55. The monoisotopic (exact) mass is 287 g/mol. The Labute approximate surface area is 121 Å². The molecule has 102 valence electrons. The van der Waals surface area contributed by atoms with Crippen LogP contribution in [0.25, 0.3) is 0 Å². The van der Waals surface area contributed by atoms with Crippen LogP contribution in [0.15, 0.2) is 48.5 Å². The summed E-state index contributed by atoms with van der Waals surface area (Å²) in [6, 6.07) is 14.3. The maximum atomic E-state index is 13.0. The lowest BCUT2D eigenvalue weighted by Crippen LogP contribution is -2.27. The Morgan fingerprint density at radius 1 is 1.10 bits per heavy atom. The normalized spacial score (nSPS) is 18.6. The maximum Gasteiger partial charge on any atom is 0.238 e. The topological polar surface area (TPSA) is 20.3 Å². The molecule has 4 heteroatoms. The van der Waals surface area contributed by atoms with Crippen molar-refractivity contribution in [1.29, 1.82) is 0 Å². The number of nitrogens with zero attached hydrogens (tertiary/aromatic N) is 1. The van der Waals surface area contributed by atoms with E-state index >= 15 is 0 Å². The number of hydrogen-bond donors (Lipinski definition) is 0. The zero-order chi connectivity index (χ0) is 14.1. The van der Waals surface area contributed by atoms with Gasteiger partial charge in [-0.05, 0) is 36.8 Å². The van der Waals surface area contributed by atoms with Crippen molar-refractivity contribution < 1.29 is 9.18 Å². The van der Waals surface area contributed by atoms with E-state index in [9.17, 15) is 9.18 Å². The zero-order valence-corrected chi connectivity index (χ0v) is 11.9. The van der Waals surface area contributed by atoms with Crippen molar-refractivity contribution in [2.24, 2.45) is 0 Å². The third-order valence-electron chi connectivity index (χ3n) is 3.34. The van der Waals surface area contributed by atoms with Gasteiger partial charge in [0.1, 0.15) is 11.2 Å². The molecule has 1 atom stereocenters. The molecule has 1 saturated heterocycles. The number of carbonyl (C=O) groups is 1. The first-order valence-electron chi connectivity index (χ1n) is 6.41. The van der Waals surface area contributed by atoms with Crippen molar-refractivity contribution in [2.75, 3.05) is 10.7 Å². The van der Waals surface area contributed by atoms with Gasteiger partial charge in [0.25, 0.3) is 0 Å². The van der Waals surface area contributed by atoms with Crippen molar-refractivity contribution >= 4 is 23.4 Å². The smallest absolute Gasteiger partial charge is 0.238 e. The van der Waals surface area contributed by atoms with E-state index in [1.807, 2.05) is 31.2 Å². The van der Waals surface area contributed by atoms with E-state index in [0.29, 0.717) is 5.75 Å². The molecule has 2 aromatic rings. The highest BCUT2D eigenvalue weighted by Crippen LogP contribution is 2.41. The van der Waals surface area contributed by atoms with Crippen molar-refractivity contribution in [3.63, 3.8) is 0 Å². The first kappa shape index (κ1) is 13.2. The van der Waals surface area contributed by atoms with E-state index in [1.54, 1.807) is 28.8 Å². The van der Waals surface area contributed by atoms with Crippen LogP contribution in [0, 0.1) is 12.7 Å².